The molecule has 4 rings (SSSR count). The van der Waals surface area contributed by atoms with Gasteiger partial charge in [-0.2, -0.15) is 0 Å². The van der Waals surface area contributed by atoms with Gasteiger partial charge >= 0.3 is 0 Å². The first kappa shape index (κ1) is 19.5. The monoisotopic (exact) mass is 399 g/mol. The molecule has 0 radical (unpaired) electrons. The summed E-state index contributed by atoms with van der Waals surface area (Å²) in [7, 11) is 3.12. The molecule has 0 bridgehead atoms. The van der Waals surface area contributed by atoms with Gasteiger partial charge in [0.2, 0.25) is 0 Å². The highest BCUT2D eigenvalue weighted by molar-refractivity contribution is 6.03. The second kappa shape index (κ2) is 8.26. The van der Waals surface area contributed by atoms with Crippen molar-refractivity contribution < 1.29 is 23.7 Å². The minimum atomic E-state index is -0.402. The number of hydrogen-bond donors (Lipinski definition) is 1. The van der Waals surface area contributed by atoms with E-state index in [-0.39, 0.29) is 5.91 Å². The molecule has 1 spiro atoms. The Morgan fingerprint density at radius 2 is 1.86 bits per heavy atom. The summed E-state index contributed by atoms with van der Waals surface area (Å²) in [6.07, 6.45) is 3.38. The molecule has 2 aliphatic rings. The Balaban J connectivity index is 1.40. The normalized spacial score (nSPS) is 17.9. The van der Waals surface area contributed by atoms with Gasteiger partial charge in [0, 0.05) is 32.0 Å². The van der Waals surface area contributed by atoms with Crippen molar-refractivity contribution in [2.24, 2.45) is 0 Å². The Kier molecular flexibility index (Phi) is 5.55. The van der Waals surface area contributed by atoms with Crippen LogP contribution in [0, 0.1) is 0 Å². The molecule has 2 aromatic rings. The number of nitrogens with one attached hydrogen (secondary N) is 1. The van der Waals surface area contributed by atoms with E-state index >= 15 is 0 Å². The highest BCUT2D eigenvalue weighted by Gasteiger charge is 2.39. The van der Waals surface area contributed by atoms with Crippen LogP contribution in [0.5, 0.6) is 11.5 Å². The standard InChI is InChI=1S/C21H25N3O5/c1-26-16-4-6-17(19(13-16)27-2)23-20(25)18-5-3-15(14-22-18)24-9-7-21(8-10-24)28-11-12-29-21/h3-6,13-14H,7-12H2,1-2H3,(H,23,25). The number of carbonyl (C=O) groups excluding carboxylic acids is 1. The Hall–Kier alpha value is -2.84. The number of aromatic nitrogens is 1. The number of amides is 1. The molecule has 8 heteroatoms. The van der Waals surface area contributed by atoms with E-state index in [0.717, 1.165) is 31.6 Å². The molecule has 1 aromatic carbocycles. The summed E-state index contributed by atoms with van der Waals surface area (Å²) in [5.74, 6) is 0.471. The molecule has 3 heterocycles. The van der Waals surface area contributed by atoms with Crippen molar-refractivity contribution in [1.29, 1.82) is 0 Å². The third-order valence-corrected chi connectivity index (χ3v) is 5.34. The molecule has 0 atom stereocenters. The van der Waals surface area contributed by atoms with Gasteiger partial charge in [0.15, 0.2) is 5.79 Å². The van der Waals surface area contributed by atoms with E-state index in [9.17, 15) is 4.79 Å². The average Bonchev–Trinajstić information content (AvgIpc) is 3.22. The predicted octanol–water partition coefficient (Wildman–Crippen LogP) is 2.69. The molecule has 0 aliphatic carbocycles. The van der Waals surface area contributed by atoms with Gasteiger partial charge in [-0.15, -0.1) is 0 Å². The first-order valence-corrected chi connectivity index (χ1v) is 9.65. The number of piperidine rings is 1. The molecule has 0 unspecified atom stereocenters. The van der Waals surface area contributed by atoms with Crippen molar-refractivity contribution in [1.82, 2.24) is 4.98 Å². The first-order valence-electron chi connectivity index (χ1n) is 9.65. The number of anilines is 2. The molecule has 2 aliphatic heterocycles. The van der Waals surface area contributed by atoms with Crippen LogP contribution >= 0.6 is 0 Å². The van der Waals surface area contributed by atoms with Crippen LogP contribution in [0.2, 0.25) is 0 Å². The van der Waals surface area contributed by atoms with E-state index in [4.69, 9.17) is 18.9 Å². The van der Waals surface area contributed by atoms with Crippen molar-refractivity contribution in [2.45, 2.75) is 18.6 Å². The Labute approximate surface area is 169 Å². The van der Waals surface area contributed by atoms with Crippen molar-refractivity contribution in [3.05, 3.63) is 42.2 Å². The fourth-order valence-electron chi connectivity index (χ4n) is 3.69. The smallest absolute Gasteiger partial charge is 0.274 e. The third kappa shape index (κ3) is 4.13. The number of benzene rings is 1. The Morgan fingerprint density at radius 3 is 2.48 bits per heavy atom. The van der Waals surface area contributed by atoms with Gasteiger partial charge in [-0.1, -0.05) is 0 Å². The molecule has 1 N–H and O–H groups in total. The summed E-state index contributed by atoms with van der Waals surface area (Å²) in [4.78, 5) is 19.2. The second-order valence-corrected chi connectivity index (χ2v) is 7.02. The number of ether oxygens (including phenoxy) is 4. The highest BCUT2D eigenvalue weighted by Crippen LogP contribution is 2.33. The number of rotatable bonds is 5. The largest absolute Gasteiger partial charge is 0.497 e. The van der Waals surface area contributed by atoms with E-state index in [1.807, 2.05) is 6.07 Å². The van der Waals surface area contributed by atoms with Crippen LogP contribution in [0.25, 0.3) is 0 Å². The number of methoxy groups -OCH3 is 2. The lowest BCUT2D eigenvalue weighted by molar-refractivity contribution is -0.169. The van der Waals surface area contributed by atoms with Gasteiger partial charge in [-0.3, -0.25) is 4.79 Å². The molecule has 8 nitrogen and oxygen atoms in total. The van der Waals surface area contributed by atoms with Gasteiger partial charge in [0.05, 0.1) is 45.0 Å². The molecular weight excluding hydrogens is 374 g/mol. The van der Waals surface area contributed by atoms with Crippen molar-refractivity contribution in [3.8, 4) is 11.5 Å². The summed E-state index contributed by atoms with van der Waals surface area (Å²) >= 11 is 0. The van der Waals surface area contributed by atoms with Crippen LogP contribution in [0.4, 0.5) is 11.4 Å². The van der Waals surface area contributed by atoms with E-state index in [1.165, 1.54) is 0 Å². The van der Waals surface area contributed by atoms with E-state index < -0.39 is 5.79 Å². The van der Waals surface area contributed by atoms with Gasteiger partial charge in [-0.05, 0) is 24.3 Å². The van der Waals surface area contributed by atoms with Crippen LogP contribution in [0.15, 0.2) is 36.5 Å². The molecule has 1 amide bonds. The zero-order valence-corrected chi connectivity index (χ0v) is 16.6. The number of hydrogen-bond acceptors (Lipinski definition) is 7. The van der Waals surface area contributed by atoms with Crippen LogP contribution in [0.3, 0.4) is 0 Å². The molecular formula is C21H25N3O5. The van der Waals surface area contributed by atoms with Crippen LogP contribution in [-0.2, 0) is 9.47 Å². The quantitative estimate of drug-likeness (QED) is 0.828. The van der Waals surface area contributed by atoms with Gasteiger partial charge in [0.1, 0.15) is 17.2 Å². The molecule has 2 fully saturated rings. The van der Waals surface area contributed by atoms with Crippen molar-refractivity contribution >= 4 is 17.3 Å². The highest BCUT2D eigenvalue weighted by atomic mass is 16.7. The van der Waals surface area contributed by atoms with Crippen molar-refractivity contribution in [3.63, 3.8) is 0 Å². The van der Waals surface area contributed by atoms with Crippen LogP contribution in [-0.4, -0.2) is 57.2 Å². The Bertz CT molecular complexity index is 855. The van der Waals surface area contributed by atoms with Crippen LogP contribution < -0.4 is 19.7 Å². The van der Waals surface area contributed by atoms with Gasteiger partial charge in [-0.25, -0.2) is 4.98 Å². The zero-order valence-electron chi connectivity index (χ0n) is 16.6. The lowest BCUT2D eigenvalue weighted by Gasteiger charge is -2.38. The predicted molar refractivity (Wildman–Crippen MR) is 108 cm³/mol. The maximum absolute atomic E-state index is 12.6. The topological polar surface area (TPSA) is 82.2 Å². The number of carbonyl (C=O) groups is 1. The molecule has 29 heavy (non-hydrogen) atoms. The van der Waals surface area contributed by atoms with Crippen molar-refractivity contribution in [2.75, 3.05) is 50.7 Å². The van der Waals surface area contributed by atoms with Gasteiger partial charge < -0.3 is 29.2 Å². The van der Waals surface area contributed by atoms with E-state index in [2.05, 4.69) is 15.2 Å². The fraction of sp³-hybridized carbons (Fsp3) is 0.429. The maximum atomic E-state index is 12.6. The lowest BCUT2D eigenvalue weighted by Crippen LogP contribution is -2.45. The van der Waals surface area contributed by atoms with E-state index in [1.54, 1.807) is 44.7 Å². The lowest BCUT2D eigenvalue weighted by atomic mass is 10.0. The molecule has 0 saturated carbocycles. The summed E-state index contributed by atoms with van der Waals surface area (Å²) in [5, 5.41) is 2.83. The summed E-state index contributed by atoms with van der Waals surface area (Å²) in [6.45, 7) is 3.00. The fourth-order valence-corrected chi connectivity index (χ4v) is 3.69. The molecule has 2 saturated heterocycles. The summed E-state index contributed by atoms with van der Waals surface area (Å²) in [6, 6.07) is 8.86. The minimum absolute atomic E-state index is 0.301. The SMILES string of the molecule is COc1ccc(NC(=O)c2ccc(N3CCC4(CC3)OCCO4)cn2)c(OC)c1. The van der Waals surface area contributed by atoms with Gasteiger partial charge in [0.25, 0.3) is 5.91 Å². The third-order valence-electron chi connectivity index (χ3n) is 5.34. The molecule has 1 aromatic heterocycles. The number of nitrogens with zero attached hydrogens (tertiary/aromatic N) is 2. The second-order valence-electron chi connectivity index (χ2n) is 7.02. The first-order chi connectivity index (χ1) is 14.1. The minimum Gasteiger partial charge on any atom is -0.497 e. The van der Waals surface area contributed by atoms with E-state index in [0.29, 0.717) is 36.1 Å². The average molecular weight is 399 g/mol. The maximum Gasteiger partial charge on any atom is 0.274 e. The summed E-state index contributed by atoms with van der Waals surface area (Å²) < 4.78 is 22.0. The summed E-state index contributed by atoms with van der Waals surface area (Å²) in [5.41, 5.74) is 1.88. The zero-order chi connectivity index (χ0) is 20.3. The molecule has 154 valence electrons. The Morgan fingerprint density at radius 1 is 1.10 bits per heavy atom. The van der Waals surface area contributed by atoms with Crippen LogP contribution in [0.1, 0.15) is 23.3 Å². The number of pyridine rings is 1.